The molecule has 0 spiro atoms. The number of rotatable bonds is 8. The minimum absolute atomic E-state index is 0.00819. The first-order valence-electron chi connectivity index (χ1n) is 8.47. The van der Waals surface area contributed by atoms with E-state index in [4.69, 9.17) is 4.74 Å². The van der Waals surface area contributed by atoms with Crippen LogP contribution in [0, 0.1) is 0 Å². The highest BCUT2D eigenvalue weighted by Gasteiger charge is 2.33. The van der Waals surface area contributed by atoms with Crippen molar-refractivity contribution in [2.75, 3.05) is 26.2 Å². The lowest BCUT2D eigenvalue weighted by atomic mass is 10.0. The highest BCUT2D eigenvalue weighted by atomic mass is 32.1. The number of nitrogens with zero attached hydrogens (tertiary/aromatic N) is 2. The van der Waals surface area contributed by atoms with E-state index >= 15 is 0 Å². The molecular weight excluding hydrogens is 324 g/mol. The quantitative estimate of drug-likeness (QED) is 0.534. The lowest BCUT2D eigenvalue weighted by molar-refractivity contribution is -0.157. The second-order valence-corrected chi connectivity index (χ2v) is 6.92. The lowest BCUT2D eigenvalue weighted by Crippen LogP contribution is -2.51. The van der Waals surface area contributed by atoms with Crippen LogP contribution in [0.3, 0.4) is 0 Å². The van der Waals surface area contributed by atoms with Crippen LogP contribution in [0.15, 0.2) is 30.2 Å². The van der Waals surface area contributed by atoms with Gasteiger partial charge >= 0.3 is 5.97 Å². The fourth-order valence-electron chi connectivity index (χ4n) is 2.99. The first kappa shape index (κ1) is 18.7. The van der Waals surface area contributed by atoms with E-state index < -0.39 is 6.04 Å². The molecule has 132 valence electrons. The Hall–Kier alpha value is -1.66. The molecule has 1 amide bonds. The van der Waals surface area contributed by atoms with Crippen LogP contribution in [-0.2, 0) is 20.9 Å². The number of hydrogen-bond acceptors (Lipinski definition) is 5. The average Bonchev–Trinajstić information content (AvgIpc) is 3.08. The summed E-state index contributed by atoms with van der Waals surface area (Å²) in [7, 11) is 0. The first-order valence-corrected chi connectivity index (χ1v) is 9.35. The van der Waals surface area contributed by atoms with Crippen LogP contribution in [-0.4, -0.2) is 54.0 Å². The van der Waals surface area contributed by atoms with Crippen LogP contribution >= 0.6 is 11.3 Å². The van der Waals surface area contributed by atoms with Gasteiger partial charge in [0.05, 0.1) is 13.2 Å². The van der Waals surface area contributed by atoms with E-state index in [9.17, 15) is 9.59 Å². The monoisotopic (exact) mass is 350 g/mol. The summed E-state index contributed by atoms with van der Waals surface area (Å²) in [5, 5.41) is 2.03. The highest BCUT2D eigenvalue weighted by Crippen LogP contribution is 2.19. The lowest BCUT2D eigenvalue weighted by Gasteiger charge is -2.35. The molecule has 0 N–H and O–H groups in total. The van der Waals surface area contributed by atoms with E-state index in [1.54, 1.807) is 29.2 Å². The molecule has 1 aromatic rings. The number of amides is 1. The van der Waals surface area contributed by atoms with Gasteiger partial charge in [-0.1, -0.05) is 12.1 Å². The molecule has 0 radical (unpaired) electrons. The molecule has 1 fully saturated rings. The van der Waals surface area contributed by atoms with Gasteiger partial charge in [-0.3, -0.25) is 9.69 Å². The highest BCUT2D eigenvalue weighted by molar-refractivity contribution is 7.09. The average molecular weight is 350 g/mol. The predicted octanol–water partition coefficient (Wildman–Crippen LogP) is 2.68. The number of hydrogen-bond donors (Lipinski definition) is 0. The summed E-state index contributed by atoms with van der Waals surface area (Å²) in [5.41, 5.74) is 0. The second-order valence-electron chi connectivity index (χ2n) is 5.89. The number of piperidine rings is 1. The molecule has 2 rings (SSSR count). The molecule has 1 atom stereocenters. The van der Waals surface area contributed by atoms with Gasteiger partial charge in [0.15, 0.2) is 0 Å². The molecule has 0 aromatic carbocycles. The van der Waals surface area contributed by atoms with Gasteiger partial charge in [-0.25, -0.2) is 4.79 Å². The van der Waals surface area contributed by atoms with E-state index in [2.05, 4.69) is 17.5 Å². The van der Waals surface area contributed by atoms with Crippen molar-refractivity contribution in [3.05, 3.63) is 35.0 Å². The van der Waals surface area contributed by atoms with Crippen molar-refractivity contribution in [2.24, 2.45) is 0 Å². The van der Waals surface area contributed by atoms with Crippen molar-refractivity contribution in [1.82, 2.24) is 9.80 Å². The van der Waals surface area contributed by atoms with Crippen LogP contribution in [0.1, 0.15) is 31.1 Å². The number of ether oxygens (including phenoxy) is 1. The fraction of sp³-hybridized carbons (Fsp3) is 0.556. The summed E-state index contributed by atoms with van der Waals surface area (Å²) in [6.45, 7) is 8.19. The fourth-order valence-corrected chi connectivity index (χ4v) is 3.73. The maximum absolute atomic E-state index is 12.8. The largest absolute Gasteiger partial charge is 0.464 e. The summed E-state index contributed by atoms with van der Waals surface area (Å²) in [5.74, 6) is -0.287. The summed E-state index contributed by atoms with van der Waals surface area (Å²) in [4.78, 5) is 29.9. The van der Waals surface area contributed by atoms with Gasteiger partial charge in [-0.2, -0.15) is 0 Å². The van der Waals surface area contributed by atoms with Crippen molar-refractivity contribution in [1.29, 1.82) is 0 Å². The number of carbonyl (C=O) groups is 2. The number of carbonyl (C=O) groups excluding carboxylic acids is 2. The van der Waals surface area contributed by atoms with E-state index in [0.29, 0.717) is 39.2 Å². The van der Waals surface area contributed by atoms with Gasteiger partial charge in [0.2, 0.25) is 5.91 Å². The van der Waals surface area contributed by atoms with Crippen molar-refractivity contribution in [2.45, 2.75) is 38.8 Å². The molecule has 6 heteroatoms. The minimum atomic E-state index is -0.432. The van der Waals surface area contributed by atoms with E-state index in [1.807, 2.05) is 11.4 Å². The van der Waals surface area contributed by atoms with Gasteiger partial charge in [-0.15, -0.1) is 17.9 Å². The third-order valence-corrected chi connectivity index (χ3v) is 4.95. The van der Waals surface area contributed by atoms with E-state index in [0.717, 1.165) is 12.8 Å². The zero-order chi connectivity index (χ0) is 17.4. The van der Waals surface area contributed by atoms with Gasteiger partial charge in [0.1, 0.15) is 6.04 Å². The minimum Gasteiger partial charge on any atom is -0.464 e. The molecule has 1 saturated heterocycles. The summed E-state index contributed by atoms with van der Waals surface area (Å²) in [6, 6.07) is 3.64. The Kier molecular flexibility index (Phi) is 7.46. The van der Waals surface area contributed by atoms with Crippen LogP contribution < -0.4 is 0 Å². The summed E-state index contributed by atoms with van der Waals surface area (Å²) < 4.78 is 5.14. The number of likely N-dealkylation sites (tertiary alicyclic amines) is 1. The molecule has 1 aliphatic heterocycles. The Labute approximate surface area is 147 Å². The molecule has 1 aromatic heterocycles. The van der Waals surface area contributed by atoms with E-state index in [1.165, 1.54) is 4.88 Å². The molecule has 24 heavy (non-hydrogen) atoms. The van der Waals surface area contributed by atoms with Crippen LogP contribution in [0.5, 0.6) is 0 Å². The third-order valence-electron chi connectivity index (χ3n) is 4.09. The third kappa shape index (κ3) is 5.18. The van der Waals surface area contributed by atoms with Crippen molar-refractivity contribution < 1.29 is 14.3 Å². The molecular formula is C18H26N2O3S. The van der Waals surface area contributed by atoms with Crippen LogP contribution in [0.4, 0.5) is 0 Å². The Morgan fingerprint density at radius 3 is 3.00 bits per heavy atom. The molecule has 0 saturated carbocycles. The second kappa shape index (κ2) is 9.59. The van der Waals surface area contributed by atoms with Gasteiger partial charge < -0.3 is 9.64 Å². The first-order chi connectivity index (χ1) is 11.7. The molecule has 2 heterocycles. The Balaban J connectivity index is 2.00. The zero-order valence-corrected chi connectivity index (χ0v) is 15.1. The maximum Gasteiger partial charge on any atom is 0.328 e. The van der Waals surface area contributed by atoms with Crippen molar-refractivity contribution >= 4 is 23.2 Å². The maximum atomic E-state index is 12.8. The summed E-state index contributed by atoms with van der Waals surface area (Å²) >= 11 is 1.68. The predicted molar refractivity (Wildman–Crippen MR) is 95.8 cm³/mol. The molecule has 5 nitrogen and oxygen atoms in total. The van der Waals surface area contributed by atoms with Crippen LogP contribution in [0.25, 0.3) is 0 Å². The van der Waals surface area contributed by atoms with Gasteiger partial charge in [-0.05, 0) is 37.6 Å². The SMILES string of the molecule is C=CCN(CC(=O)N1CCCCC1C(=O)OCC)Cc1cccs1. The molecule has 0 bridgehead atoms. The Bertz CT molecular complexity index is 544. The smallest absolute Gasteiger partial charge is 0.328 e. The van der Waals surface area contributed by atoms with Gasteiger partial charge in [0.25, 0.3) is 0 Å². The van der Waals surface area contributed by atoms with E-state index in [-0.39, 0.29) is 11.9 Å². The standard InChI is InChI=1S/C18H26N2O3S/c1-3-10-19(13-15-8-7-12-24-15)14-17(21)20-11-6-5-9-16(20)18(22)23-4-2/h3,7-8,12,16H,1,4-6,9-11,13-14H2,2H3. The Morgan fingerprint density at radius 2 is 2.33 bits per heavy atom. The number of esters is 1. The van der Waals surface area contributed by atoms with Crippen molar-refractivity contribution in [3.63, 3.8) is 0 Å². The number of thiophene rings is 1. The molecule has 0 aliphatic carbocycles. The molecule has 1 aliphatic rings. The van der Waals surface area contributed by atoms with Crippen molar-refractivity contribution in [3.8, 4) is 0 Å². The normalized spacial score (nSPS) is 17.8. The summed E-state index contributed by atoms with van der Waals surface area (Å²) in [6.07, 6.45) is 4.39. The Morgan fingerprint density at radius 1 is 1.50 bits per heavy atom. The zero-order valence-electron chi connectivity index (χ0n) is 14.3. The molecule has 1 unspecified atom stereocenters. The van der Waals surface area contributed by atoms with Crippen LogP contribution in [0.2, 0.25) is 0 Å². The van der Waals surface area contributed by atoms with Gasteiger partial charge in [0, 0.05) is 24.5 Å². The topological polar surface area (TPSA) is 49.9 Å².